The van der Waals surface area contributed by atoms with Crippen LogP contribution in [0.3, 0.4) is 0 Å². The average Bonchev–Trinajstić information content (AvgIpc) is 2.70. The van der Waals surface area contributed by atoms with Crippen molar-refractivity contribution in [2.75, 3.05) is 0 Å². The van der Waals surface area contributed by atoms with Crippen LogP contribution in [0.25, 0.3) is 0 Å². The van der Waals surface area contributed by atoms with Crippen LogP contribution >= 0.6 is 0 Å². The smallest absolute Gasteiger partial charge is 0.0297 e. The molecular weight excluding hydrogens is 120 g/mol. The van der Waals surface area contributed by atoms with E-state index in [0.717, 1.165) is 17.3 Å². The van der Waals surface area contributed by atoms with Crippen LogP contribution in [-0.4, -0.2) is 0 Å². The molecule has 2 atom stereocenters. The van der Waals surface area contributed by atoms with Crippen molar-refractivity contribution in [2.24, 2.45) is 17.3 Å². The van der Waals surface area contributed by atoms with Crippen LogP contribution in [0, 0.1) is 17.3 Å². The summed E-state index contributed by atoms with van der Waals surface area (Å²) in [4.78, 5) is 0. The highest BCUT2D eigenvalue weighted by Gasteiger charge is 2.46. The molecule has 2 fully saturated rings. The predicted molar refractivity (Wildman–Crippen MR) is 43.8 cm³/mol. The van der Waals surface area contributed by atoms with Crippen molar-refractivity contribution in [3.05, 3.63) is 0 Å². The molecule has 0 saturated heterocycles. The van der Waals surface area contributed by atoms with E-state index in [1.54, 1.807) is 0 Å². The van der Waals surface area contributed by atoms with Gasteiger partial charge >= 0.3 is 0 Å². The third kappa shape index (κ3) is 1.21. The zero-order valence-electron chi connectivity index (χ0n) is 7.19. The summed E-state index contributed by atoms with van der Waals surface area (Å²) in [7, 11) is 0. The normalized spacial score (nSPS) is 45.6. The molecule has 0 aromatic rings. The highest BCUT2D eigenvalue weighted by atomic mass is 14.5. The highest BCUT2D eigenvalue weighted by Crippen LogP contribution is 2.56. The molecule has 0 heteroatoms. The maximum absolute atomic E-state index is 2.46. The summed E-state index contributed by atoms with van der Waals surface area (Å²) in [5.74, 6) is 2.18. The Bertz CT molecular complexity index is 135. The quantitative estimate of drug-likeness (QED) is 0.561. The lowest BCUT2D eigenvalue weighted by atomic mass is 9.98. The molecule has 0 aromatic heterocycles. The van der Waals surface area contributed by atoms with Gasteiger partial charge < -0.3 is 0 Å². The van der Waals surface area contributed by atoms with Gasteiger partial charge in [-0.15, -0.1) is 0 Å². The van der Waals surface area contributed by atoms with E-state index < -0.39 is 0 Å². The Balaban J connectivity index is 1.69. The van der Waals surface area contributed by atoms with Gasteiger partial charge in [0.05, 0.1) is 0 Å². The molecule has 0 heterocycles. The molecule has 0 aliphatic heterocycles. The SMILES string of the molecule is CC1CC1(C)CCC1CC1. The molecule has 0 radical (unpaired) electrons. The van der Waals surface area contributed by atoms with Crippen molar-refractivity contribution < 1.29 is 0 Å². The molecule has 0 amide bonds. The predicted octanol–water partition coefficient (Wildman–Crippen LogP) is 3.22. The summed E-state index contributed by atoms with van der Waals surface area (Å²) >= 11 is 0. The first-order valence-electron chi connectivity index (χ1n) is 4.71. The Morgan fingerprint density at radius 3 is 2.40 bits per heavy atom. The Morgan fingerprint density at radius 2 is 2.00 bits per heavy atom. The van der Waals surface area contributed by atoms with E-state index >= 15 is 0 Å². The Morgan fingerprint density at radius 1 is 1.40 bits per heavy atom. The monoisotopic (exact) mass is 138 g/mol. The van der Waals surface area contributed by atoms with Gasteiger partial charge in [0.15, 0.2) is 0 Å². The molecule has 2 saturated carbocycles. The summed E-state index contributed by atoms with van der Waals surface area (Å²) in [6.07, 6.45) is 7.61. The Labute approximate surface area is 64.0 Å². The zero-order chi connectivity index (χ0) is 7.19. The maximum atomic E-state index is 2.46. The molecule has 2 aliphatic carbocycles. The summed E-state index contributed by atoms with van der Waals surface area (Å²) in [5.41, 5.74) is 0.780. The summed E-state index contributed by atoms with van der Waals surface area (Å²) in [6, 6.07) is 0. The van der Waals surface area contributed by atoms with Crippen LogP contribution in [0.4, 0.5) is 0 Å². The number of hydrogen-bond acceptors (Lipinski definition) is 0. The Hall–Kier alpha value is 0. The van der Waals surface area contributed by atoms with Crippen LogP contribution in [0.15, 0.2) is 0 Å². The van der Waals surface area contributed by atoms with Crippen LogP contribution in [0.2, 0.25) is 0 Å². The minimum absolute atomic E-state index is 0.780. The van der Waals surface area contributed by atoms with Gasteiger partial charge in [0.1, 0.15) is 0 Å². The second-order valence-electron chi connectivity index (χ2n) is 4.74. The molecular formula is C10H18. The van der Waals surface area contributed by atoms with Crippen LogP contribution in [-0.2, 0) is 0 Å². The van der Waals surface area contributed by atoms with E-state index in [1.807, 2.05) is 0 Å². The van der Waals surface area contributed by atoms with Crippen molar-refractivity contribution in [1.29, 1.82) is 0 Å². The van der Waals surface area contributed by atoms with Crippen molar-refractivity contribution in [3.63, 3.8) is 0 Å². The number of rotatable bonds is 3. The molecule has 2 aliphatic rings. The maximum Gasteiger partial charge on any atom is -0.0297 e. The first-order valence-corrected chi connectivity index (χ1v) is 4.71. The van der Waals surface area contributed by atoms with E-state index in [2.05, 4.69) is 13.8 Å². The topological polar surface area (TPSA) is 0 Å². The van der Waals surface area contributed by atoms with Gasteiger partial charge in [0.25, 0.3) is 0 Å². The van der Waals surface area contributed by atoms with Gasteiger partial charge in [-0.1, -0.05) is 26.7 Å². The van der Waals surface area contributed by atoms with Gasteiger partial charge in [-0.2, -0.15) is 0 Å². The largest absolute Gasteiger partial charge is 0.0620 e. The van der Waals surface area contributed by atoms with Gasteiger partial charge in [0, 0.05) is 0 Å². The van der Waals surface area contributed by atoms with Crippen LogP contribution in [0.1, 0.15) is 46.0 Å². The molecule has 10 heavy (non-hydrogen) atoms. The molecule has 2 unspecified atom stereocenters. The van der Waals surface area contributed by atoms with Gasteiger partial charge in [-0.05, 0) is 36.5 Å². The molecule has 0 aromatic carbocycles. The van der Waals surface area contributed by atoms with E-state index in [0.29, 0.717) is 0 Å². The van der Waals surface area contributed by atoms with Gasteiger partial charge in [0.2, 0.25) is 0 Å². The third-order valence-electron chi connectivity index (χ3n) is 3.62. The minimum Gasteiger partial charge on any atom is -0.0620 e. The molecule has 2 rings (SSSR count). The third-order valence-corrected chi connectivity index (χ3v) is 3.62. The Kier molecular flexibility index (Phi) is 1.33. The van der Waals surface area contributed by atoms with Crippen LogP contribution in [0.5, 0.6) is 0 Å². The lowest BCUT2D eigenvalue weighted by Crippen LogP contribution is -1.96. The zero-order valence-corrected chi connectivity index (χ0v) is 7.19. The minimum atomic E-state index is 0.780. The molecule has 0 bridgehead atoms. The summed E-state index contributed by atoms with van der Waals surface area (Å²) in [6.45, 7) is 4.85. The van der Waals surface area contributed by atoms with Gasteiger partial charge in [-0.25, -0.2) is 0 Å². The van der Waals surface area contributed by atoms with Gasteiger partial charge in [-0.3, -0.25) is 0 Å². The van der Waals surface area contributed by atoms with E-state index in [-0.39, 0.29) is 0 Å². The van der Waals surface area contributed by atoms with Crippen molar-refractivity contribution in [3.8, 4) is 0 Å². The van der Waals surface area contributed by atoms with Crippen molar-refractivity contribution in [2.45, 2.75) is 46.0 Å². The molecule has 0 N–H and O–H groups in total. The molecule has 0 nitrogen and oxygen atoms in total. The first-order chi connectivity index (χ1) is 4.71. The fourth-order valence-electron chi connectivity index (χ4n) is 1.93. The summed E-state index contributed by atoms with van der Waals surface area (Å²) in [5, 5.41) is 0. The number of hydrogen-bond donors (Lipinski definition) is 0. The first kappa shape index (κ1) is 6.69. The van der Waals surface area contributed by atoms with E-state index in [9.17, 15) is 0 Å². The van der Waals surface area contributed by atoms with E-state index in [4.69, 9.17) is 0 Å². The molecule has 58 valence electrons. The second kappa shape index (κ2) is 1.99. The lowest BCUT2D eigenvalue weighted by molar-refractivity contribution is 0.440. The lowest BCUT2D eigenvalue weighted by Gasteiger charge is -2.07. The second-order valence-corrected chi connectivity index (χ2v) is 4.74. The summed E-state index contributed by atoms with van der Waals surface area (Å²) < 4.78 is 0. The van der Waals surface area contributed by atoms with Crippen molar-refractivity contribution in [1.82, 2.24) is 0 Å². The fourth-order valence-corrected chi connectivity index (χ4v) is 1.93. The average molecular weight is 138 g/mol. The fraction of sp³-hybridized carbons (Fsp3) is 1.00. The van der Waals surface area contributed by atoms with Crippen molar-refractivity contribution >= 4 is 0 Å². The van der Waals surface area contributed by atoms with Crippen LogP contribution < -0.4 is 0 Å². The highest BCUT2D eigenvalue weighted by molar-refractivity contribution is 4.96. The molecule has 0 spiro atoms. The van der Waals surface area contributed by atoms with E-state index in [1.165, 1.54) is 32.1 Å². The standard InChI is InChI=1S/C10H18/c1-8-7-10(8,2)6-5-9-3-4-9/h8-9H,3-7H2,1-2H3.